The van der Waals surface area contributed by atoms with E-state index in [1.54, 1.807) is 0 Å². The van der Waals surface area contributed by atoms with Gasteiger partial charge < -0.3 is 4.42 Å². The molecule has 2 heteroatoms. The van der Waals surface area contributed by atoms with Crippen molar-refractivity contribution >= 4 is 26.7 Å². The lowest BCUT2D eigenvalue weighted by atomic mass is 10.1. The standard InChI is InChI=1S/C10H9BrO/c1-6-4-3-5-8-9(6)7(2)12-10(8)11/h3-5H,1-2H3. The lowest BCUT2D eigenvalue weighted by molar-refractivity contribution is 0.516. The van der Waals surface area contributed by atoms with Crippen LogP contribution in [0.2, 0.25) is 0 Å². The van der Waals surface area contributed by atoms with Gasteiger partial charge in [-0.25, -0.2) is 0 Å². The molecule has 62 valence electrons. The Morgan fingerprint density at radius 1 is 1.25 bits per heavy atom. The molecule has 0 aliphatic rings. The van der Waals surface area contributed by atoms with Gasteiger partial charge >= 0.3 is 0 Å². The molecule has 2 rings (SSSR count). The normalized spacial score (nSPS) is 10.9. The molecule has 0 spiro atoms. The molecule has 0 fully saturated rings. The second-order valence-electron chi connectivity index (χ2n) is 2.93. The zero-order chi connectivity index (χ0) is 8.72. The van der Waals surface area contributed by atoms with Gasteiger partial charge in [0.25, 0.3) is 0 Å². The van der Waals surface area contributed by atoms with Crippen molar-refractivity contribution in [3.05, 3.63) is 34.2 Å². The van der Waals surface area contributed by atoms with Gasteiger partial charge in [0.15, 0.2) is 4.67 Å². The highest BCUT2D eigenvalue weighted by Crippen LogP contribution is 2.31. The lowest BCUT2D eigenvalue weighted by Crippen LogP contribution is -1.74. The zero-order valence-corrected chi connectivity index (χ0v) is 8.60. The molecule has 12 heavy (non-hydrogen) atoms. The first-order chi connectivity index (χ1) is 5.70. The van der Waals surface area contributed by atoms with Crippen LogP contribution in [0, 0.1) is 13.8 Å². The average Bonchev–Trinajstić information content (AvgIpc) is 2.29. The van der Waals surface area contributed by atoms with Gasteiger partial charge in [0, 0.05) is 10.8 Å². The molecule has 0 bridgehead atoms. The van der Waals surface area contributed by atoms with Gasteiger partial charge in [-0.1, -0.05) is 12.1 Å². The first kappa shape index (κ1) is 7.87. The van der Waals surface area contributed by atoms with Crippen LogP contribution >= 0.6 is 15.9 Å². The summed E-state index contributed by atoms with van der Waals surface area (Å²) < 4.78 is 6.29. The van der Waals surface area contributed by atoms with E-state index in [0.29, 0.717) is 0 Å². The maximum Gasteiger partial charge on any atom is 0.177 e. The molecule has 2 aromatic rings. The van der Waals surface area contributed by atoms with Gasteiger partial charge in [-0.3, -0.25) is 0 Å². The molecule has 1 aromatic carbocycles. The third-order valence-electron chi connectivity index (χ3n) is 2.08. The van der Waals surface area contributed by atoms with Crippen molar-refractivity contribution < 1.29 is 4.42 Å². The number of halogens is 1. The predicted octanol–water partition coefficient (Wildman–Crippen LogP) is 3.81. The van der Waals surface area contributed by atoms with Crippen molar-refractivity contribution in [3.63, 3.8) is 0 Å². The van der Waals surface area contributed by atoms with Crippen molar-refractivity contribution in [3.8, 4) is 0 Å². The Kier molecular flexibility index (Phi) is 1.72. The minimum Gasteiger partial charge on any atom is -0.453 e. The molecule has 1 heterocycles. The number of benzene rings is 1. The third kappa shape index (κ3) is 0.985. The van der Waals surface area contributed by atoms with Crippen molar-refractivity contribution in [2.24, 2.45) is 0 Å². The molecule has 0 atom stereocenters. The van der Waals surface area contributed by atoms with E-state index in [1.165, 1.54) is 10.9 Å². The van der Waals surface area contributed by atoms with Gasteiger partial charge in [-0.15, -0.1) is 0 Å². The van der Waals surface area contributed by atoms with E-state index in [2.05, 4.69) is 35.0 Å². The van der Waals surface area contributed by atoms with E-state index in [4.69, 9.17) is 4.42 Å². The first-order valence-electron chi connectivity index (χ1n) is 3.84. The van der Waals surface area contributed by atoms with Gasteiger partial charge in [-0.05, 0) is 41.4 Å². The number of hydrogen-bond donors (Lipinski definition) is 0. The summed E-state index contributed by atoms with van der Waals surface area (Å²) in [7, 11) is 0. The van der Waals surface area contributed by atoms with Gasteiger partial charge in [-0.2, -0.15) is 0 Å². The molecule has 0 saturated heterocycles. The van der Waals surface area contributed by atoms with Crippen LogP contribution in [0.15, 0.2) is 27.3 Å². The van der Waals surface area contributed by atoms with Crippen molar-refractivity contribution in [1.29, 1.82) is 0 Å². The second kappa shape index (κ2) is 2.63. The minimum absolute atomic E-state index is 0.832. The summed E-state index contributed by atoms with van der Waals surface area (Å²) in [5.41, 5.74) is 1.26. The number of fused-ring (bicyclic) bond motifs is 1. The molecule has 0 aliphatic heterocycles. The van der Waals surface area contributed by atoms with Crippen LogP contribution in [-0.2, 0) is 0 Å². The first-order valence-corrected chi connectivity index (χ1v) is 4.63. The van der Waals surface area contributed by atoms with Crippen LogP contribution < -0.4 is 0 Å². The van der Waals surface area contributed by atoms with E-state index in [0.717, 1.165) is 15.8 Å². The van der Waals surface area contributed by atoms with Crippen LogP contribution in [0.1, 0.15) is 11.3 Å². The highest BCUT2D eigenvalue weighted by Gasteiger charge is 2.08. The fourth-order valence-corrected chi connectivity index (χ4v) is 2.11. The maximum absolute atomic E-state index is 5.46. The molecule has 0 radical (unpaired) electrons. The fraction of sp³-hybridized carbons (Fsp3) is 0.200. The average molecular weight is 225 g/mol. The Bertz CT molecular complexity index is 429. The summed E-state index contributed by atoms with van der Waals surface area (Å²) in [6.07, 6.45) is 0. The molecular weight excluding hydrogens is 216 g/mol. The fourth-order valence-electron chi connectivity index (χ4n) is 1.54. The Balaban J connectivity index is 2.99. The number of furan rings is 1. The van der Waals surface area contributed by atoms with Crippen molar-refractivity contribution in [2.75, 3.05) is 0 Å². The van der Waals surface area contributed by atoms with Gasteiger partial charge in [0.2, 0.25) is 0 Å². The van der Waals surface area contributed by atoms with Crippen LogP contribution in [-0.4, -0.2) is 0 Å². The summed E-state index contributed by atoms with van der Waals surface area (Å²) in [5.74, 6) is 0.981. The molecule has 0 aliphatic carbocycles. The summed E-state index contributed by atoms with van der Waals surface area (Å²) in [4.78, 5) is 0. The molecule has 0 N–H and O–H groups in total. The Morgan fingerprint density at radius 3 is 2.67 bits per heavy atom. The quantitative estimate of drug-likeness (QED) is 0.664. The Hall–Kier alpha value is -0.760. The maximum atomic E-state index is 5.46. The smallest absolute Gasteiger partial charge is 0.177 e. The van der Waals surface area contributed by atoms with Crippen molar-refractivity contribution in [1.82, 2.24) is 0 Å². The molecule has 0 unspecified atom stereocenters. The van der Waals surface area contributed by atoms with Crippen LogP contribution in [0.5, 0.6) is 0 Å². The SMILES string of the molecule is Cc1cccc2c(Br)oc(C)c12. The zero-order valence-electron chi connectivity index (χ0n) is 7.02. The van der Waals surface area contributed by atoms with E-state index >= 15 is 0 Å². The topological polar surface area (TPSA) is 13.1 Å². The third-order valence-corrected chi connectivity index (χ3v) is 2.67. The molecule has 0 saturated carbocycles. The highest BCUT2D eigenvalue weighted by molar-refractivity contribution is 9.10. The van der Waals surface area contributed by atoms with Crippen LogP contribution in [0.4, 0.5) is 0 Å². The molecular formula is C10H9BrO. The monoisotopic (exact) mass is 224 g/mol. The lowest BCUT2D eigenvalue weighted by Gasteiger charge is -1.93. The highest BCUT2D eigenvalue weighted by atomic mass is 79.9. The van der Waals surface area contributed by atoms with E-state index in [1.807, 2.05) is 13.0 Å². The molecule has 1 aromatic heterocycles. The minimum atomic E-state index is 0.832. The summed E-state index contributed by atoms with van der Waals surface area (Å²) >= 11 is 3.39. The summed E-state index contributed by atoms with van der Waals surface area (Å²) in [6, 6.07) is 6.19. The van der Waals surface area contributed by atoms with E-state index < -0.39 is 0 Å². The predicted molar refractivity (Wildman–Crippen MR) is 53.4 cm³/mol. The van der Waals surface area contributed by atoms with E-state index in [-0.39, 0.29) is 0 Å². The number of aryl methyl sites for hydroxylation is 2. The largest absolute Gasteiger partial charge is 0.453 e. The second-order valence-corrected chi connectivity index (χ2v) is 3.65. The van der Waals surface area contributed by atoms with Gasteiger partial charge in [0.05, 0.1) is 0 Å². The molecule has 1 nitrogen and oxygen atoms in total. The molecule has 0 amide bonds. The van der Waals surface area contributed by atoms with Crippen LogP contribution in [0.3, 0.4) is 0 Å². The van der Waals surface area contributed by atoms with Crippen LogP contribution in [0.25, 0.3) is 10.8 Å². The van der Waals surface area contributed by atoms with E-state index in [9.17, 15) is 0 Å². The summed E-state index contributed by atoms with van der Waals surface area (Å²) in [5, 5.41) is 2.39. The van der Waals surface area contributed by atoms with Crippen molar-refractivity contribution in [2.45, 2.75) is 13.8 Å². The number of hydrogen-bond acceptors (Lipinski definition) is 1. The number of rotatable bonds is 0. The Morgan fingerprint density at radius 2 is 2.00 bits per heavy atom. The summed E-state index contributed by atoms with van der Waals surface area (Å²) in [6.45, 7) is 4.08. The van der Waals surface area contributed by atoms with Gasteiger partial charge in [0.1, 0.15) is 5.76 Å². The Labute approximate surface area is 79.5 Å².